The Kier molecular flexibility index (Phi) is 7.94. The zero-order valence-electron chi connectivity index (χ0n) is 16.1. The van der Waals surface area contributed by atoms with E-state index in [0.717, 1.165) is 18.0 Å². The van der Waals surface area contributed by atoms with Crippen LogP contribution in [-0.2, 0) is 9.59 Å². The topological polar surface area (TPSA) is 61.4 Å². The highest BCUT2D eigenvalue weighted by Gasteiger charge is 2.24. The summed E-state index contributed by atoms with van der Waals surface area (Å²) in [5.74, 6) is -1.22. The molecular weight excluding hydrogens is 390 g/mol. The fourth-order valence-corrected chi connectivity index (χ4v) is 4.65. The van der Waals surface area contributed by atoms with Gasteiger partial charge in [-0.1, -0.05) is 18.9 Å². The first-order chi connectivity index (χ1) is 13.7. The maximum absolute atomic E-state index is 12.4. The van der Waals surface area contributed by atoms with Crippen LogP contribution < -0.4 is 10.6 Å². The van der Waals surface area contributed by atoms with Gasteiger partial charge in [-0.3, -0.25) is 14.5 Å². The lowest BCUT2D eigenvalue weighted by Gasteiger charge is -2.30. The van der Waals surface area contributed by atoms with Crippen LogP contribution in [0.1, 0.15) is 37.3 Å². The summed E-state index contributed by atoms with van der Waals surface area (Å²) in [6, 6.07) is 9.71. The first-order valence-electron chi connectivity index (χ1n) is 9.67. The molecule has 150 valence electrons. The second-order valence-electron chi connectivity index (χ2n) is 6.92. The Balaban J connectivity index is 1.60. The lowest BCUT2D eigenvalue weighted by atomic mass is 10.1. The SMILES string of the molecule is CSc1cccc(NC(=O)C(=O)NCC(c2ccsc2)N2CCCCCC2)c1. The molecule has 1 aromatic carbocycles. The third kappa shape index (κ3) is 5.83. The van der Waals surface area contributed by atoms with Crippen molar-refractivity contribution in [3.8, 4) is 0 Å². The zero-order valence-corrected chi connectivity index (χ0v) is 17.8. The summed E-state index contributed by atoms with van der Waals surface area (Å²) in [5.41, 5.74) is 1.84. The molecule has 3 rings (SSSR count). The van der Waals surface area contributed by atoms with E-state index in [2.05, 4.69) is 32.4 Å². The fourth-order valence-electron chi connectivity index (χ4n) is 3.49. The summed E-state index contributed by atoms with van der Waals surface area (Å²) in [5, 5.41) is 9.73. The van der Waals surface area contributed by atoms with E-state index >= 15 is 0 Å². The number of carbonyl (C=O) groups is 2. The number of amides is 2. The van der Waals surface area contributed by atoms with Crippen molar-refractivity contribution >= 4 is 40.6 Å². The largest absolute Gasteiger partial charge is 0.346 e. The standard InChI is InChI=1S/C21H27N3O2S2/c1-27-18-8-6-7-17(13-18)23-21(26)20(25)22-14-19(16-9-12-28-15-16)24-10-4-2-3-5-11-24/h6-9,12-13,15,19H,2-5,10-11,14H2,1H3,(H,22,25)(H,23,26). The highest BCUT2D eigenvalue weighted by atomic mass is 32.2. The Morgan fingerprint density at radius 1 is 1.14 bits per heavy atom. The number of hydrogen-bond acceptors (Lipinski definition) is 5. The van der Waals surface area contributed by atoms with Gasteiger partial charge in [0.2, 0.25) is 0 Å². The second kappa shape index (κ2) is 10.6. The van der Waals surface area contributed by atoms with E-state index in [-0.39, 0.29) is 6.04 Å². The molecule has 1 atom stereocenters. The van der Waals surface area contributed by atoms with Crippen LogP contribution in [0.4, 0.5) is 5.69 Å². The van der Waals surface area contributed by atoms with Gasteiger partial charge in [0.15, 0.2) is 0 Å². The molecule has 0 aliphatic carbocycles. The summed E-state index contributed by atoms with van der Waals surface area (Å²) in [4.78, 5) is 28.2. The molecule has 28 heavy (non-hydrogen) atoms. The molecule has 2 amide bonds. The van der Waals surface area contributed by atoms with E-state index in [9.17, 15) is 9.59 Å². The Labute approximate surface area is 174 Å². The fraction of sp³-hybridized carbons (Fsp3) is 0.429. The molecule has 0 bridgehead atoms. The van der Waals surface area contributed by atoms with Gasteiger partial charge < -0.3 is 10.6 Å². The van der Waals surface area contributed by atoms with Crippen LogP contribution in [0.15, 0.2) is 46.0 Å². The van der Waals surface area contributed by atoms with Gasteiger partial charge in [0, 0.05) is 17.1 Å². The normalized spacial score (nSPS) is 16.2. The maximum Gasteiger partial charge on any atom is 0.313 e. The Hall–Kier alpha value is -1.83. The van der Waals surface area contributed by atoms with E-state index in [0.29, 0.717) is 12.2 Å². The van der Waals surface area contributed by atoms with Gasteiger partial charge in [0.25, 0.3) is 0 Å². The number of likely N-dealkylation sites (tertiary alicyclic amines) is 1. The van der Waals surface area contributed by atoms with Crippen LogP contribution in [-0.4, -0.2) is 42.6 Å². The van der Waals surface area contributed by atoms with Crippen LogP contribution in [0.2, 0.25) is 0 Å². The van der Waals surface area contributed by atoms with Gasteiger partial charge in [-0.15, -0.1) is 11.8 Å². The lowest BCUT2D eigenvalue weighted by molar-refractivity contribution is -0.136. The molecule has 1 aliphatic rings. The minimum atomic E-state index is -0.627. The van der Waals surface area contributed by atoms with Crippen LogP contribution in [0, 0.1) is 0 Å². The third-order valence-electron chi connectivity index (χ3n) is 5.00. The van der Waals surface area contributed by atoms with E-state index in [1.165, 1.54) is 31.2 Å². The monoisotopic (exact) mass is 417 g/mol. The average molecular weight is 418 g/mol. The number of hydrogen-bond donors (Lipinski definition) is 2. The highest BCUT2D eigenvalue weighted by molar-refractivity contribution is 7.98. The van der Waals surface area contributed by atoms with Crippen LogP contribution in [0.5, 0.6) is 0 Å². The van der Waals surface area contributed by atoms with Gasteiger partial charge in [-0.25, -0.2) is 0 Å². The Morgan fingerprint density at radius 2 is 1.93 bits per heavy atom. The summed E-state index contributed by atoms with van der Waals surface area (Å²) in [7, 11) is 0. The number of thiophene rings is 1. The van der Waals surface area contributed by atoms with Crippen molar-refractivity contribution in [1.29, 1.82) is 0 Å². The van der Waals surface area contributed by atoms with Crippen molar-refractivity contribution < 1.29 is 9.59 Å². The molecule has 0 radical (unpaired) electrons. The second-order valence-corrected chi connectivity index (χ2v) is 8.58. The van der Waals surface area contributed by atoms with Gasteiger partial charge in [-0.2, -0.15) is 11.3 Å². The van der Waals surface area contributed by atoms with Gasteiger partial charge in [0.1, 0.15) is 0 Å². The smallest absolute Gasteiger partial charge is 0.313 e. The third-order valence-corrected chi connectivity index (χ3v) is 6.43. The van der Waals surface area contributed by atoms with Crippen molar-refractivity contribution in [2.75, 3.05) is 31.2 Å². The number of carbonyl (C=O) groups excluding carboxylic acids is 2. The van der Waals surface area contributed by atoms with Gasteiger partial charge in [-0.05, 0) is 72.8 Å². The first-order valence-corrected chi connectivity index (χ1v) is 11.8. The zero-order chi connectivity index (χ0) is 19.8. The van der Waals surface area contributed by atoms with E-state index in [1.54, 1.807) is 29.2 Å². The molecule has 1 unspecified atom stereocenters. The van der Waals surface area contributed by atoms with Crippen LogP contribution in [0.3, 0.4) is 0 Å². The quantitative estimate of drug-likeness (QED) is 0.548. The van der Waals surface area contributed by atoms with Crippen molar-refractivity contribution in [2.45, 2.75) is 36.6 Å². The summed E-state index contributed by atoms with van der Waals surface area (Å²) < 4.78 is 0. The lowest BCUT2D eigenvalue weighted by Crippen LogP contribution is -2.42. The Morgan fingerprint density at radius 3 is 2.61 bits per heavy atom. The average Bonchev–Trinajstić information content (AvgIpc) is 3.11. The number of nitrogens with one attached hydrogen (secondary N) is 2. The summed E-state index contributed by atoms with van der Waals surface area (Å²) in [6.45, 7) is 2.50. The molecule has 7 heteroatoms. The molecular formula is C21H27N3O2S2. The van der Waals surface area contributed by atoms with Crippen LogP contribution in [0.25, 0.3) is 0 Å². The van der Waals surface area contributed by atoms with Crippen molar-refractivity contribution in [3.05, 3.63) is 46.7 Å². The molecule has 5 nitrogen and oxygen atoms in total. The molecule has 1 saturated heterocycles. The number of rotatable bonds is 6. The van der Waals surface area contributed by atoms with E-state index < -0.39 is 11.8 Å². The van der Waals surface area contributed by atoms with Crippen molar-refractivity contribution in [3.63, 3.8) is 0 Å². The number of thioether (sulfide) groups is 1. The highest BCUT2D eigenvalue weighted by Crippen LogP contribution is 2.25. The Bertz CT molecular complexity index is 772. The van der Waals surface area contributed by atoms with Gasteiger partial charge >= 0.3 is 11.8 Å². The molecule has 1 fully saturated rings. The van der Waals surface area contributed by atoms with E-state index in [1.807, 2.05) is 24.5 Å². The number of nitrogens with zero attached hydrogens (tertiary/aromatic N) is 1. The van der Waals surface area contributed by atoms with Crippen molar-refractivity contribution in [1.82, 2.24) is 10.2 Å². The van der Waals surface area contributed by atoms with E-state index in [4.69, 9.17) is 0 Å². The molecule has 0 spiro atoms. The molecule has 1 aromatic heterocycles. The molecule has 2 heterocycles. The molecule has 1 aliphatic heterocycles. The van der Waals surface area contributed by atoms with Gasteiger partial charge in [0.05, 0.1) is 6.04 Å². The van der Waals surface area contributed by atoms with Crippen molar-refractivity contribution in [2.24, 2.45) is 0 Å². The minimum absolute atomic E-state index is 0.112. The molecule has 0 saturated carbocycles. The summed E-state index contributed by atoms with van der Waals surface area (Å²) >= 11 is 3.25. The minimum Gasteiger partial charge on any atom is -0.346 e. The number of benzene rings is 1. The maximum atomic E-state index is 12.4. The summed E-state index contributed by atoms with van der Waals surface area (Å²) in [6.07, 6.45) is 6.86. The van der Waals surface area contributed by atoms with Crippen LogP contribution >= 0.6 is 23.1 Å². The molecule has 2 N–H and O–H groups in total. The molecule has 2 aromatic rings. The predicted octanol–water partition coefficient (Wildman–Crippen LogP) is 4.14. The predicted molar refractivity (Wildman–Crippen MR) is 117 cm³/mol. The first kappa shape index (κ1) is 20.9. The number of anilines is 1.